The summed E-state index contributed by atoms with van der Waals surface area (Å²) in [4.78, 5) is 38.3. The van der Waals surface area contributed by atoms with Crippen LogP contribution >= 0.6 is 11.8 Å². The van der Waals surface area contributed by atoms with Crippen LogP contribution in [-0.4, -0.2) is 38.2 Å². The van der Waals surface area contributed by atoms with Crippen molar-refractivity contribution in [2.75, 3.05) is 5.75 Å². The Morgan fingerprint density at radius 3 is 2.86 bits per heavy atom. The zero-order chi connectivity index (χ0) is 15.6. The Morgan fingerprint density at radius 1 is 1.57 bits per heavy atom. The van der Waals surface area contributed by atoms with E-state index in [1.54, 1.807) is 10.8 Å². The lowest BCUT2D eigenvalue weighted by Crippen LogP contribution is -2.42. The summed E-state index contributed by atoms with van der Waals surface area (Å²) in [6, 6.07) is -0.515. The number of aromatic nitrogens is 2. The number of nitrogens with zero attached hydrogens (tertiary/aromatic N) is 2. The van der Waals surface area contributed by atoms with E-state index in [0.29, 0.717) is 11.6 Å². The molecule has 21 heavy (non-hydrogen) atoms. The molecule has 1 aromatic heterocycles. The molecule has 0 aromatic carbocycles. The minimum Gasteiger partial charge on any atom is -0.481 e. The normalized spacial score (nSPS) is 18.9. The van der Waals surface area contributed by atoms with Gasteiger partial charge in [0.05, 0.1) is 5.75 Å². The van der Waals surface area contributed by atoms with Gasteiger partial charge in [0.25, 0.3) is 0 Å². The molecule has 1 aromatic rings. The fraction of sp³-hybridized carbons (Fsp3) is 0.538. The molecule has 0 bridgehead atoms. The van der Waals surface area contributed by atoms with Crippen molar-refractivity contribution in [1.82, 2.24) is 14.9 Å². The number of aliphatic carboxylic acids is 1. The molecule has 2 amide bonds. The van der Waals surface area contributed by atoms with E-state index in [9.17, 15) is 14.4 Å². The number of carboxylic acid groups (broad SMARTS) is 1. The predicted octanol–water partition coefficient (Wildman–Crippen LogP) is 1.16. The maximum Gasteiger partial charge on any atom is 0.313 e. The number of nitrogens with one attached hydrogen (secondary N) is 1. The van der Waals surface area contributed by atoms with Crippen LogP contribution in [0.25, 0.3) is 0 Å². The zero-order valence-electron chi connectivity index (χ0n) is 11.8. The summed E-state index contributed by atoms with van der Waals surface area (Å²) < 4.78 is 1.76. The van der Waals surface area contributed by atoms with Crippen molar-refractivity contribution >= 4 is 29.5 Å². The molecule has 1 aliphatic rings. The van der Waals surface area contributed by atoms with Crippen molar-refractivity contribution in [1.29, 1.82) is 0 Å². The van der Waals surface area contributed by atoms with Gasteiger partial charge in [0.2, 0.25) is 11.8 Å². The smallest absolute Gasteiger partial charge is 0.313 e. The second-order valence-corrected chi connectivity index (χ2v) is 6.08. The van der Waals surface area contributed by atoms with Crippen LogP contribution in [0.2, 0.25) is 0 Å². The van der Waals surface area contributed by atoms with E-state index >= 15 is 0 Å². The summed E-state index contributed by atoms with van der Waals surface area (Å²) in [7, 11) is 0. The lowest BCUT2D eigenvalue weighted by Gasteiger charge is -2.26. The van der Waals surface area contributed by atoms with Crippen molar-refractivity contribution in [3.8, 4) is 0 Å². The number of piperidine rings is 1. The second-order valence-electron chi connectivity index (χ2n) is 5.14. The topological polar surface area (TPSA) is 101 Å². The molecule has 2 heterocycles. The Hall–Kier alpha value is -1.83. The number of rotatable bonds is 5. The average Bonchev–Trinajstić information content (AvgIpc) is 2.80. The minimum absolute atomic E-state index is 0.123. The molecule has 0 spiro atoms. The molecule has 0 aliphatic carbocycles. The van der Waals surface area contributed by atoms with E-state index < -0.39 is 12.0 Å². The number of imide groups is 1. The Labute approximate surface area is 126 Å². The Kier molecular flexibility index (Phi) is 4.66. The summed E-state index contributed by atoms with van der Waals surface area (Å²) in [6.45, 7) is 3.95. The Morgan fingerprint density at radius 2 is 2.29 bits per heavy atom. The zero-order valence-corrected chi connectivity index (χ0v) is 12.6. The number of carbonyl (C=O) groups is 3. The van der Waals surface area contributed by atoms with Gasteiger partial charge in [0, 0.05) is 18.3 Å². The number of carboxylic acids is 1. The van der Waals surface area contributed by atoms with Crippen LogP contribution in [0.4, 0.5) is 0 Å². The van der Waals surface area contributed by atoms with Crippen molar-refractivity contribution in [2.45, 2.75) is 43.8 Å². The molecule has 0 radical (unpaired) electrons. The van der Waals surface area contributed by atoms with E-state index in [2.05, 4.69) is 10.3 Å². The van der Waals surface area contributed by atoms with E-state index in [1.165, 1.54) is 0 Å². The van der Waals surface area contributed by atoms with Crippen LogP contribution < -0.4 is 5.32 Å². The molecular weight excluding hydrogens is 294 g/mol. The third kappa shape index (κ3) is 3.44. The highest BCUT2D eigenvalue weighted by Crippen LogP contribution is 2.30. The summed E-state index contributed by atoms with van der Waals surface area (Å²) in [5.41, 5.74) is 0.859. The largest absolute Gasteiger partial charge is 0.481 e. The third-order valence-electron chi connectivity index (χ3n) is 3.23. The van der Waals surface area contributed by atoms with Crippen LogP contribution in [-0.2, 0) is 14.4 Å². The number of imidazole rings is 1. The molecule has 8 heteroatoms. The highest BCUT2D eigenvalue weighted by atomic mass is 32.2. The van der Waals surface area contributed by atoms with Crippen molar-refractivity contribution < 1.29 is 19.5 Å². The lowest BCUT2D eigenvalue weighted by atomic mass is 10.0. The first kappa shape index (κ1) is 15.6. The molecular formula is C13H17N3O4S. The Bertz CT molecular complexity index is 582. The van der Waals surface area contributed by atoms with E-state index in [4.69, 9.17) is 5.11 Å². The van der Waals surface area contributed by atoms with Gasteiger partial charge in [-0.05, 0) is 12.3 Å². The van der Waals surface area contributed by atoms with Crippen molar-refractivity contribution in [3.05, 3.63) is 11.9 Å². The molecule has 2 N–H and O–H groups in total. The monoisotopic (exact) mass is 311 g/mol. The van der Waals surface area contributed by atoms with Crippen LogP contribution in [0.5, 0.6) is 0 Å². The first-order valence-electron chi connectivity index (χ1n) is 6.65. The second kappa shape index (κ2) is 6.30. The highest BCUT2D eigenvalue weighted by molar-refractivity contribution is 7.99. The first-order valence-corrected chi connectivity index (χ1v) is 7.64. The van der Waals surface area contributed by atoms with Gasteiger partial charge in [-0.1, -0.05) is 25.6 Å². The van der Waals surface area contributed by atoms with Crippen LogP contribution in [0.1, 0.15) is 44.3 Å². The number of amides is 2. The van der Waals surface area contributed by atoms with Crippen LogP contribution in [0.3, 0.4) is 0 Å². The first-order chi connectivity index (χ1) is 9.90. The van der Waals surface area contributed by atoms with Crippen molar-refractivity contribution in [2.24, 2.45) is 0 Å². The number of thioether (sulfide) groups is 1. The lowest BCUT2D eigenvalue weighted by molar-refractivity contribution is -0.136. The number of hydrogen-bond acceptors (Lipinski definition) is 5. The van der Waals surface area contributed by atoms with Crippen LogP contribution in [0.15, 0.2) is 11.4 Å². The SMILES string of the molecule is CC(C)c1cnc(SCC(=O)O)n1C1CCC(=O)NC1=O. The van der Waals surface area contributed by atoms with Gasteiger partial charge in [-0.2, -0.15) is 0 Å². The van der Waals surface area contributed by atoms with Gasteiger partial charge in [-0.3, -0.25) is 19.7 Å². The fourth-order valence-corrected chi connectivity index (χ4v) is 3.01. The molecule has 7 nitrogen and oxygen atoms in total. The molecule has 1 unspecified atom stereocenters. The molecule has 114 valence electrons. The van der Waals surface area contributed by atoms with Crippen LogP contribution in [0, 0.1) is 0 Å². The van der Waals surface area contributed by atoms with Gasteiger partial charge in [-0.25, -0.2) is 4.98 Å². The quantitative estimate of drug-likeness (QED) is 0.625. The van der Waals surface area contributed by atoms with Crippen molar-refractivity contribution in [3.63, 3.8) is 0 Å². The molecule has 1 fully saturated rings. The number of carbonyl (C=O) groups excluding carboxylic acids is 2. The molecule has 0 saturated carbocycles. The third-order valence-corrected chi connectivity index (χ3v) is 4.18. The van der Waals surface area contributed by atoms with E-state index in [-0.39, 0.29) is 29.9 Å². The standard InChI is InChI=1S/C13H17N3O4S/c1-7(2)9-5-14-13(21-6-11(18)19)16(9)8-3-4-10(17)15-12(8)20/h5,7-8H,3-4,6H2,1-2H3,(H,18,19)(H,15,17,20). The molecule has 1 aliphatic heterocycles. The summed E-state index contributed by atoms with van der Waals surface area (Å²) in [6.07, 6.45) is 2.34. The Balaban J connectivity index is 2.34. The summed E-state index contributed by atoms with van der Waals surface area (Å²) in [5.74, 6) is -1.56. The molecule has 1 atom stereocenters. The van der Waals surface area contributed by atoms with Gasteiger partial charge in [0.15, 0.2) is 5.16 Å². The molecule has 1 saturated heterocycles. The van der Waals surface area contributed by atoms with E-state index in [0.717, 1.165) is 17.5 Å². The summed E-state index contributed by atoms with van der Waals surface area (Å²) in [5, 5.41) is 11.6. The molecule has 2 rings (SSSR count). The van der Waals surface area contributed by atoms with Gasteiger partial charge in [0.1, 0.15) is 6.04 Å². The summed E-state index contributed by atoms with van der Waals surface area (Å²) >= 11 is 1.08. The van der Waals surface area contributed by atoms with Gasteiger partial charge < -0.3 is 9.67 Å². The van der Waals surface area contributed by atoms with Gasteiger partial charge >= 0.3 is 5.97 Å². The van der Waals surface area contributed by atoms with E-state index in [1.807, 2.05) is 13.8 Å². The minimum atomic E-state index is -0.941. The number of hydrogen-bond donors (Lipinski definition) is 2. The fourth-order valence-electron chi connectivity index (χ4n) is 2.26. The maximum absolute atomic E-state index is 12.1. The predicted molar refractivity (Wildman–Crippen MR) is 76.1 cm³/mol. The highest BCUT2D eigenvalue weighted by Gasteiger charge is 2.31. The average molecular weight is 311 g/mol. The maximum atomic E-state index is 12.1. The van der Waals surface area contributed by atoms with Gasteiger partial charge in [-0.15, -0.1) is 0 Å².